The number of hydrogen-bond acceptors (Lipinski definition) is 1. The van der Waals surface area contributed by atoms with Crippen LogP contribution in [-0.2, 0) is 0 Å². The molecule has 1 nitrogen and oxygen atoms in total. The average Bonchev–Trinajstić information content (AvgIpc) is 2.56. The van der Waals surface area contributed by atoms with Gasteiger partial charge in [0.2, 0.25) is 0 Å². The van der Waals surface area contributed by atoms with Crippen LogP contribution in [0, 0.1) is 18.3 Å². The van der Waals surface area contributed by atoms with E-state index in [-0.39, 0.29) is 0 Å². The van der Waals surface area contributed by atoms with E-state index in [2.05, 4.69) is 11.7 Å². The number of hydrogen-bond donors (Lipinski definition) is 1. The van der Waals surface area contributed by atoms with Gasteiger partial charge in [0.1, 0.15) is 0 Å². The van der Waals surface area contributed by atoms with Crippen molar-refractivity contribution in [2.75, 3.05) is 0 Å². The van der Waals surface area contributed by atoms with Crippen molar-refractivity contribution in [3.63, 3.8) is 0 Å². The van der Waals surface area contributed by atoms with Gasteiger partial charge in [0.05, 0.1) is 0 Å². The highest BCUT2D eigenvalue weighted by atomic mass is 15.0. The van der Waals surface area contributed by atoms with Crippen LogP contribution in [0.2, 0.25) is 0 Å². The third-order valence-corrected chi connectivity index (χ3v) is 4.40. The topological polar surface area (TPSA) is 12.0 Å². The molecule has 1 aliphatic heterocycles. The van der Waals surface area contributed by atoms with Gasteiger partial charge in [0.15, 0.2) is 0 Å². The Hall–Kier alpha value is -0.0400. The van der Waals surface area contributed by atoms with Crippen LogP contribution in [0.15, 0.2) is 0 Å². The summed E-state index contributed by atoms with van der Waals surface area (Å²) in [6, 6.07) is 1.68. The smallest absolute Gasteiger partial charge is 0.0133 e. The second-order valence-corrected chi connectivity index (χ2v) is 5.08. The molecule has 0 aromatic rings. The van der Waals surface area contributed by atoms with Crippen molar-refractivity contribution < 1.29 is 0 Å². The third kappa shape index (κ3) is 1.32. The van der Waals surface area contributed by atoms with E-state index in [1.807, 2.05) is 0 Å². The Bertz CT molecular complexity index is 170. The summed E-state index contributed by atoms with van der Waals surface area (Å²) in [4.78, 5) is 0. The van der Waals surface area contributed by atoms with Gasteiger partial charge < -0.3 is 5.32 Å². The van der Waals surface area contributed by atoms with Crippen molar-refractivity contribution in [1.82, 2.24) is 5.32 Å². The van der Waals surface area contributed by atoms with Gasteiger partial charge in [0.25, 0.3) is 0 Å². The van der Waals surface area contributed by atoms with Crippen molar-refractivity contribution in [2.24, 2.45) is 11.8 Å². The monoisotopic (exact) mass is 178 g/mol. The van der Waals surface area contributed by atoms with E-state index in [1.54, 1.807) is 0 Å². The first kappa shape index (κ1) is 8.28. The van der Waals surface area contributed by atoms with E-state index in [0.29, 0.717) is 0 Å². The molecule has 13 heavy (non-hydrogen) atoms. The second kappa shape index (κ2) is 3.27. The molecular formula is C12H20N. The Morgan fingerprint density at radius 3 is 2.77 bits per heavy atom. The Morgan fingerprint density at radius 1 is 0.923 bits per heavy atom. The molecule has 0 aromatic heterocycles. The van der Waals surface area contributed by atoms with Crippen LogP contribution >= 0.6 is 0 Å². The van der Waals surface area contributed by atoms with Gasteiger partial charge in [-0.1, -0.05) is 19.3 Å². The van der Waals surface area contributed by atoms with E-state index in [9.17, 15) is 0 Å². The molecule has 3 rings (SSSR count). The number of fused-ring (bicyclic) bond motifs is 3. The first-order valence-electron chi connectivity index (χ1n) is 6.04. The van der Waals surface area contributed by atoms with Crippen molar-refractivity contribution in [3.05, 3.63) is 6.42 Å². The fraction of sp³-hybridized carbons (Fsp3) is 0.917. The Balaban J connectivity index is 1.76. The average molecular weight is 178 g/mol. The SMILES string of the molecule is [CH]1CCCC2C1NC1CCCCC12. The van der Waals surface area contributed by atoms with E-state index < -0.39 is 0 Å². The maximum atomic E-state index is 3.84. The summed E-state index contributed by atoms with van der Waals surface area (Å²) in [6.45, 7) is 0. The first-order valence-corrected chi connectivity index (χ1v) is 6.04. The highest BCUT2D eigenvalue weighted by Crippen LogP contribution is 2.43. The molecule has 0 aromatic carbocycles. The zero-order valence-electron chi connectivity index (χ0n) is 8.34. The van der Waals surface area contributed by atoms with Gasteiger partial charge >= 0.3 is 0 Å². The molecule has 3 aliphatic rings. The molecule has 1 saturated heterocycles. The van der Waals surface area contributed by atoms with Crippen LogP contribution in [0.5, 0.6) is 0 Å². The van der Waals surface area contributed by atoms with E-state index in [0.717, 1.165) is 23.9 Å². The van der Waals surface area contributed by atoms with Gasteiger partial charge in [-0.15, -0.1) is 0 Å². The number of nitrogens with one attached hydrogen (secondary N) is 1. The molecule has 2 saturated carbocycles. The Labute approximate surface area is 81.3 Å². The van der Waals surface area contributed by atoms with Gasteiger partial charge in [0, 0.05) is 12.1 Å². The fourth-order valence-electron chi connectivity index (χ4n) is 3.80. The predicted octanol–water partition coefficient (Wildman–Crippen LogP) is 2.52. The zero-order valence-corrected chi connectivity index (χ0v) is 8.34. The molecule has 0 bridgehead atoms. The van der Waals surface area contributed by atoms with Gasteiger partial charge in [-0.3, -0.25) is 0 Å². The van der Waals surface area contributed by atoms with E-state index >= 15 is 0 Å². The van der Waals surface area contributed by atoms with Crippen LogP contribution in [0.1, 0.15) is 44.9 Å². The lowest BCUT2D eigenvalue weighted by atomic mass is 9.73. The second-order valence-electron chi connectivity index (χ2n) is 5.08. The highest BCUT2D eigenvalue weighted by Gasteiger charge is 2.43. The molecule has 1 heteroatoms. The fourth-order valence-corrected chi connectivity index (χ4v) is 3.80. The molecule has 1 N–H and O–H groups in total. The summed E-state index contributed by atoms with van der Waals surface area (Å²) in [6.07, 6.45) is 12.8. The largest absolute Gasteiger partial charge is 0.310 e. The van der Waals surface area contributed by atoms with Crippen LogP contribution < -0.4 is 5.32 Å². The molecule has 1 heterocycles. The minimum Gasteiger partial charge on any atom is -0.310 e. The normalized spacial score (nSPS) is 49.8. The van der Waals surface area contributed by atoms with Gasteiger partial charge in [-0.25, -0.2) is 0 Å². The standard InChI is InChI=1S/C12H20N/c1-3-7-11-9(5-1)10-6-2-4-8-12(10)13-11/h7,9-13H,1-6,8H2. The van der Waals surface area contributed by atoms with E-state index in [4.69, 9.17) is 0 Å². The summed E-state index contributed by atoms with van der Waals surface area (Å²) in [7, 11) is 0. The zero-order chi connectivity index (χ0) is 8.67. The van der Waals surface area contributed by atoms with Crippen molar-refractivity contribution >= 4 is 0 Å². The highest BCUT2D eigenvalue weighted by molar-refractivity contribution is 5.06. The van der Waals surface area contributed by atoms with Crippen LogP contribution in [0.25, 0.3) is 0 Å². The lowest BCUT2D eigenvalue weighted by molar-refractivity contribution is 0.247. The van der Waals surface area contributed by atoms with Crippen LogP contribution in [0.3, 0.4) is 0 Å². The summed E-state index contributed by atoms with van der Waals surface area (Å²) in [5.41, 5.74) is 0. The van der Waals surface area contributed by atoms with Crippen LogP contribution in [-0.4, -0.2) is 12.1 Å². The minimum absolute atomic E-state index is 0.793. The van der Waals surface area contributed by atoms with Crippen molar-refractivity contribution in [3.8, 4) is 0 Å². The molecule has 4 unspecified atom stereocenters. The molecule has 2 aliphatic carbocycles. The minimum atomic E-state index is 0.793. The molecule has 0 amide bonds. The number of rotatable bonds is 0. The lowest BCUT2D eigenvalue weighted by Crippen LogP contribution is -2.34. The Morgan fingerprint density at radius 2 is 1.77 bits per heavy atom. The molecule has 1 radical (unpaired) electrons. The molecule has 4 atom stereocenters. The summed E-state index contributed by atoms with van der Waals surface area (Å²) in [5.74, 6) is 2.05. The predicted molar refractivity (Wildman–Crippen MR) is 54.3 cm³/mol. The first-order chi connectivity index (χ1) is 6.45. The van der Waals surface area contributed by atoms with Crippen LogP contribution in [0.4, 0.5) is 0 Å². The summed E-state index contributed by atoms with van der Waals surface area (Å²) >= 11 is 0. The quantitative estimate of drug-likeness (QED) is 0.601. The lowest BCUT2D eigenvalue weighted by Gasteiger charge is -2.30. The van der Waals surface area contributed by atoms with Crippen molar-refractivity contribution in [1.29, 1.82) is 0 Å². The summed E-state index contributed by atoms with van der Waals surface area (Å²) in [5, 5.41) is 3.84. The van der Waals surface area contributed by atoms with E-state index in [1.165, 1.54) is 44.9 Å². The Kier molecular flexibility index (Phi) is 2.08. The van der Waals surface area contributed by atoms with Gasteiger partial charge in [-0.05, 0) is 43.9 Å². The van der Waals surface area contributed by atoms with Gasteiger partial charge in [-0.2, -0.15) is 0 Å². The molecular weight excluding hydrogens is 158 g/mol. The maximum absolute atomic E-state index is 3.84. The van der Waals surface area contributed by atoms with Crippen molar-refractivity contribution in [2.45, 2.75) is 57.0 Å². The third-order valence-electron chi connectivity index (χ3n) is 4.40. The molecule has 0 spiro atoms. The molecule has 3 fully saturated rings. The summed E-state index contributed by atoms with van der Waals surface area (Å²) < 4.78 is 0. The molecule has 73 valence electrons. The maximum Gasteiger partial charge on any atom is 0.0133 e.